The number of benzene rings is 4. The van der Waals surface area contributed by atoms with Crippen LogP contribution < -0.4 is 5.73 Å². The summed E-state index contributed by atoms with van der Waals surface area (Å²) in [5.74, 6) is 0. The lowest BCUT2D eigenvalue weighted by molar-refractivity contribution is 0.481. The van der Waals surface area contributed by atoms with Crippen molar-refractivity contribution in [3.8, 4) is 0 Å². The fourth-order valence-corrected chi connectivity index (χ4v) is 4.54. The fourth-order valence-electron chi connectivity index (χ4n) is 3.29. The molecule has 0 aliphatic heterocycles. The highest BCUT2D eigenvalue weighted by atomic mass is 32.2. The van der Waals surface area contributed by atoms with Gasteiger partial charge in [-0.1, -0.05) is 30.3 Å². The quantitative estimate of drug-likeness (QED) is 0.231. The summed E-state index contributed by atoms with van der Waals surface area (Å²) in [4.78, 5) is -0.571. The first-order valence-electron chi connectivity index (χ1n) is 8.76. The van der Waals surface area contributed by atoms with E-state index >= 15 is 0 Å². The van der Waals surface area contributed by atoms with Gasteiger partial charge in [0.2, 0.25) is 0 Å². The first-order chi connectivity index (χ1) is 14.6. The number of hydrogen-bond donors (Lipinski definition) is 3. The van der Waals surface area contributed by atoms with Gasteiger partial charge in [-0.25, -0.2) is 0 Å². The van der Waals surface area contributed by atoms with Crippen molar-refractivity contribution in [2.75, 3.05) is 5.73 Å². The zero-order valence-electron chi connectivity index (χ0n) is 15.7. The molecule has 0 radical (unpaired) electrons. The summed E-state index contributed by atoms with van der Waals surface area (Å²) in [7, 11) is -8.84. The van der Waals surface area contributed by atoms with Crippen molar-refractivity contribution < 1.29 is 25.9 Å². The molecule has 0 aromatic heterocycles. The first-order valence-corrected chi connectivity index (χ1v) is 11.6. The van der Waals surface area contributed by atoms with Crippen LogP contribution in [-0.2, 0) is 20.2 Å². The Morgan fingerprint density at radius 2 is 1.39 bits per heavy atom. The van der Waals surface area contributed by atoms with E-state index in [4.69, 9.17) is 5.73 Å². The van der Waals surface area contributed by atoms with Gasteiger partial charge in [-0.2, -0.15) is 16.8 Å². The molecule has 4 rings (SSSR count). The molecule has 0 aliphatic rings. The third-order valence-electron chi connectivity index (χ3n) is 4.68. The zero-order valence-corrected chi connectivity index (χ0v) is 17.3. The number of rotatable bonds is 4. The molecule has 4 aromatic carbocycles. The van der Waals surface area contributed by atoms with E-state index in [-0.39, 0.29) is 20.9 Å². The molecule has 0 fully saturated rings. The number of nitrogens with two attached hydrogens (primary N) is 1. The van der Waals surface area contributed by atoms with Crippen LogP contribution in [0.2, 0.25) is 0 Å². The van der Waals surface area contributed by atoms with Crippen LogP contribution in [-0.4, -0.2) is 25.9 Å². The Morgan fingerprint density at radius 1 is 0.710 bits per heavy atom. The van der Waals surface area contributed by atoms with E-state index in [0.717, 1.165) is 0 Å². The van der Waals surface area contributed by atoms with Crippen molar-refractivity contribution in [2.24, 2.45) is 10.2 Å². The van der Waals surface area contributed by atoms with E-state index in [2.05, 4.69) is 10.2 Å². The Balaban J connectivity index is 1.86. The maximum atomic E-state index is 11.7. The Kier molecular flexibility index (Phi) is 4.98. The van der Waals surface area contributed by atoms with Crippen LogP contribution in [0.1, 0.15) is 0 Å². The molecule has 4 aromatic rings. The summed E-state index contributed by atoms with van der Waals surface area (Å²) in [6.45, 7) is 0. The van der Waals surface area contributed by atoms with Crippen molar-refractivity contribution in [3.05, 3.63) is 66.7 Å². The average molecular weight is 457 g/mol. The predicted octanol–water partition coefficient (Wildman–Crippen LogP) is 4.48. The summed E-state index contributed by atoms with van der Waals surface area (Å²) < 4.78 is 64.9. The van der Waals surface area contributed by atoms with Crippen LogP contribution in [0.5, 0.6) is 0 Å². The monoisotopic (exact) mass is 457 g/mol. The van der Waals surface area contributed by atoms with Crippen LogP contribution >= 0.6 is 0 Å². The highest BCUT2D eigenvalue weighted by Gasteiger charge is 2.17. The molecule has 0 heterocycles. The molecule has 0 spiro atoms. The Morgan fingerprint density at radius 3 is 2.06 bits per heavy atom. The van der Waals surface area contributed by atoms with Gasteiger partial charge in [0.15, 0.2) is 0 Å². The lowest BCUT2D eigenvalue weighted by atomic mass is 10.1. The summed E-state index contributed by atoms with van der Waals surface area (Å²) >= 11 is 0. The van der Waals surface area contributed by atoms with Crippen LogP contribution in [0.4, 0.5) is 17.1 Å². The van der Waals surface area contributed by atoms with Crippen LogP contribution in [0.15, 0.2) is 86.7 Å². The SMILES string of the molecule is Nc1ccc(N=Nc2cccc3cc(S(=O)(=O)O)ccc23)c2cccc(S(=O)(=O)O)c12. The molecule has 0 atom stereocenters. The smallest absolute Gasteiger partial charge is 0.295 e. The van der Waals surface area contributed by atoms with Gasteiger partial charge in [0.1, 0.15) is 4.90 Å². The standard InChI is InChI=1S/C20H15N3O6S2/c21-16-9-10-18(15-4-2-6-19(20(15)16)31(27,28)29)23-22-17-5-1-3-12-11-13(30(24,25)26)7-8-14(12)17/h1-11H,21H2,(H,24,25,26)(H,27,28,29). The topological polar surface area (TPSA) is 159 Å². The minimum atomic E-state index is -4.50. The van der Waals surface area contributed by atoms with Crippen molar-refractivity contribution in [1.82, 2.24) is 0 Å². The van der Waals surface area contributed by atoms with Gasteiger partial charge in [-0.15, -0.1) is 10.2 Å². The van der Waals surface area contributed by atoms with E-state index in [9.17, 15) is 25.9 Å². The molecule has 0 bridgehead atoms. The van der Waals surface area contributed by atoms with Gasteiger partial charge in [0.05, 0.1) is 16.3 Å². The molecular formula is C20H15N3O6S2. The molecule has 0 unspecified atom stereocenters. The third-order valence-corrected chi connectivity index (χ3v) is 6.43. The molecule has 0 saturated heterocycles. The second-order valence-corrected chi connectivity index (χ2v) is 9.47. The molecule has 11 heteroatoms. The lowest BCUT2D eigenvalue weighted by Gasteiger charge is -2.09. The summed E-state index contributed by atoms with van der Waals surface area (Å²) in [6, 6.07) is 16.4. The molecule has 4 N–H and O–H groups in total. The van der Waals surface area contributed by atoms with E-state index in [1.165, 1.54) is 36.4 Å². The molecule has 0 saturated carbocycles. The van der Waals surface area contributed by atoms with E-state index < -0.39 is 20.2 Å². The maximum Gasteiger partial charge on any atom is 0.295 e. The summed E-state index contributed by atoms with van der Waals surface area (Å²) in [6.07, 6.45) is 0. The summed E-state index contributed by atoms with van der Waals surface area (Å²) in [5, 5.41) is 10.1. The maximum absolute atomic E-state index is 11.7. The van der Waals surface area contributed by atoms with Crippen LogP contribution in [0, 0.1) is 0 Å². The Bertz CT molecular complexity index is 1600. The van der Waals surface area contributed by atoms with Crippen LogP contribution in [0.25, 0.3) is 21.5 Å². The molecular weight excluding hydrogens is 442 g/mol. The van der Waals surface area contributed by atoms with Crippen molar-refractivity contribution in [3.63, 3.8) is 0 Å². The van der Waals surface area contributed by atoms with E-state index in [0.29, 0.717) is 27.5 Å². The van der Waals surface area contributed by atoms with E-state index in [1.807, 2.05) is 0 Å². The molecule has 158 valence electrons. The fraction of sp³-hybridized carbons (Fsp3) is 0. The lowest BCUT2D eigenvalue weighted by Crippen LogP contribution is -2.01. The van der Waals surface area contributed by atoms with Gasteiger partial charge in [0, 0.05) is 21.8 Å². The summed E-state index contributed by atoms with van der Waals surface area (Å²) in [5.41, 5.74) is 6.84. The van der Waals surface area contributed by atoms with Crippen LogP contribution in [0.3, 0.4) is 0 Å². The highest BCUT2D eigenvalue weighted by Crippen LogP contribution is 2.36. The largest absolute Gasteiger partial charge is 0.398 e. The zero-order chi connectivity index (χ0) is 22.4. The van der Waals surface area contributed by atoms with Gasteiger partial charge < -0.3 is 5.73 Å². The Labute approximate surface area is 177 Å². The predicted molar refractivity (Wildman–Crippen MR) is 116 cm³/mol. The van der Waals surface area contributed by atoms with Crippen molar-refractivity contribution in [1.29, 1.82) is 0 Å². The molecule has 31 heavy (non-hydrogen) atoms. The van der Waals surface area contributed by atoms with E-state index in [1.54, 1.807) is 30.3 Å². The Hall–Kier alpha value is -3.38. The molecule has 9 nitrogen and oxygen atoms in total. The van der Waals surface area contributed by atoms with Crippen molar-refractivity contribution >= 4 is 58.8 Å². The number of azo groups is 1. The average Bonchev–Trinajstić information content (AvgIpc) is 2.71. The third kappa shape index (κ3) is 3.99. The second-order valence-electron chi connectivity index (χ2n) is 6.66. The number of nitrogens with zero attached hydrogens (tertiary/aromatic N) is 2. The number of nitrogen functional groups attached to an aromatic ring is 1. The number of hydrogen-bond acceptors (Lipinski definition) is 7. The van der Waals surface area contributed by atoms with Crippen molar-refractivity contribution in [2.45, 2.75) is 9.79 Å². The van der Waals surface area contributed by atoms with Gasteiger partial charge in [-0.3, -0.25) is 9.11 Å². The van der Waals surface area contributed by atoms with Gasteiger partial charge >= 0.3 is 0 Å². The van der Waals surface area contributed by atoms with Gasteiger partial charge in [-0.05, 0) is 41.8 Å². The minimum absolute atomic E-state index is 0.136. The highest BCUT2D eigenvalue weighted by molar-refractivity contribution is 7.86. The molecule has 0 aliphatic carbocycles. The normalized spacial score (nSPS) is 12.7. The van der Waals surface area contributed by atoms with Gasteiger partial charge in [0.25, 0.3) is 20.2 Å². The number of anilines is 1. The minimum Gasteiger partial charge on any atom is -0.398 e. The number of fused-ring (bicyclic) bond motifs is 2. The molecule has 0 amide bonds. The second kappa shape index (κ2) is 7.39. The first kappa shape index (κ1) is 20.9.